The molecule has 2 aromatic heterocycles. The quantitative estimate of drug-likeness (QED) is 0.932. The highest BCUT2D eigenvalue weighted by Gasteiger charge is 2.30. The van der Waals surface area contributed by atoms with E-state index in [0.717, 1.165) is 10.6 Å². The number of aliphatic carboxylic acids is 1. The van der Waals surface area contributed by atoms with Crippen molar-refractivity contribution < 1.29 is 19.1 Å². The second kappa shape index (κ2) is 5.69. The van der Waals surface area contributed by atoms with Crippen LogP contribution in [0.15, 0.2) is 28.4 Å². The molecule has 1 aliphatic rings. The van der Waals surface area contributed by atoms with E-state index in [1.54, 1.807) is 17.4 Å². The van der Waals surface area contributed by atoms with Crippen LogP contribution in [0.2, 0.25) is 0 Å². The first-order chi connectivity index (χ1) is 10.1. The minimum absolute atomic E-state index is 0.0669. The number of likely N-dealkylation sites (tertiary alicyclic amines) is 1. The number of furan rings is 1. The Labute approximate surface area is 125 Å². The predicted octanol–water partition coefficient (Wildman–Crippen LogP) is 1.88. The van der Waals surface area contributed by atoms with Crippen LogP contribution in [0.5, 0.6) is 0 Å². The predicted molar refractivity (Wildman–Crippen MR) is 75.8 cm³/mol. The maximum Gasteiger partial charge on any atom is 0.308 e. The number of carboxylic acids is 1. The maximum atomic E-state index is 12.2. The summed E-state index contributed by atoms with van der Waals surface area (Å²) in [4.78, 5) is 29.1. The molecule has 2 aromatic rings. The Morgan fingerprint density at radius 2 is 2.38 bits per heavy atom. The van der Waals surface area contributed by atoms with Gasteiger partial charge in [0.2, 0.25) is 5.91 Å². The summed E-state index contributed by atoms with van der Waals surface area (Å²) in [5.74, 6) is -1.34. The Morgan fingerprint density at radius 3 is 3.05 bits per heavy atom. The number of hydrogen-bond donors (Lipinski definition) is 1. The van der Waals surface area contributed by atoms with Crippen LogP contribution in [-0.2, 0) is 16.0 Å². The lowest BCUT2D eigenvalue weighted by Gasteiger charge is -2.14. The number of carboxylic acid groups (broad SMARTS) is 1. The fourth-order valence-corrected chi connectivity index (χ4v) is 3.17. The van der Waals surface area contributed by atoms with Gasteiger partial charge in [0.05, 0.1) is 24.3 Å². The lowest BCUT2D eigenvalue weighted by molar-refractivity contribution is -0.141. The SMILES string of the molecule is O=C(O)C1CCN(C(=O)Cc2csc(-c3ccoc3)n2)C1. The van der Waals surface area contributed by atoms with Crippen LogP contribution in [0, 0.1) is 5.92 Å². The minimum Gasteiger partial charge on any atom is -0.481 e. The fraction of sp³-hybridized carbons (Fsp3) is 0.357. The van der Waals surface area contributed by atoms with Crippen LogP contribution in [0.25, 0.3) is 10.6 Å². The largest absolute Gasteiger partial charge is 0.481 e. The number of carbonyl (C=O) groups excluding carboxylic acids is 1. The molecular formula is C14H14N2O4S. The van der Waals surface area contributed by atoms with Crippen molar-refractivity contribution in [1.82, 2.24) is 9.88 Å². The fourth-order valence-electron chi connectivity index (χ4n) is 2.36. The Morgan fingerprint density at radius 1 is 1.52 bits per heavy atom. The van der Waals surface area contributed by atoms with Gasteiger partial charge in [-0.05, 0) is 12.5 Å². The molecular weight excluding hydrogens is 292 g/mol. The number of hydrogen-bond acceptors (Lipinski definition) is 5. The molecule has 0 aromatic carbocycles. The Balaban J connectivity index is 1.62. The highest BCUT2D eigenvalue weighted by Crippen LogP contribution is 2.25. The second-order valence-corrected chi connectivity index (χ2v) is 5.85. The van der Waals surface area contributed by atoms with E-state index in [4.69, 9.17) is 9.52 Å². The first-order valence-electron chi connectivity index (χ1n) is 6.61. The van der Waals surface area contributed by atoms with Crippen LogP contribution in [0.1, 0.15) is 12.1 Å². The van der Waals surface area contributed by atoms with E-state index in [1.807, 2.05) is 11.4 Å². The van der Waals surface area contributed by atoms with Crippen molar-refractivity contribution in [3.63, 3.8) is 0 Å². The number of rotatable bonds is 4. The molecule has 1 fully saturated rings. The molecule has 1 unspecified atom stereocenters. The number of aromatic nitrogens is 1. The molecule has 110 valence electrons. The van der Waals surface area contributed by atoms with E-state index in [2.05, 4.69) is 4.98 Å². The van der Waals surface area contributed by atoms with E-state index in [9.17, 15) is 9.59 Å². The van der Waals surface area contributed by atoms with Gasteiger partial charge in [0.25, 0.3) is 0 Å². The average Bonchev–Trinajstić information content (AvgIpc) is 3.19. The molecule has 0 spiro atoms. The Hall–Kier alpha value is -2.15. The molecule has 1 atom stereocenters. The standard InChI is InChI=1S/C14H14N2O4S/c17-12(16-3-1-9(6-16)14(18)19)5-11-8-21-13(15-11)10-2-4-20-7-10/h2,4,7-9H,1,3,5-6H2,(H,18,19). The molecule has 3 heterocycles. The summed E-state index contributed by atoms with van der Waals surface area (Å²) >= 11 is 1.46. The lowest BCUT2D eigenvalue weighted by atomic mass is 10.1. The smallest absolute Gasteiger partial charge is 0.308 e. The summed E-state index contributed by atoms with van der Waals surface area (Å²) in [6.45, 7) is 0.807. The summed E-state index contributed by atoms with van der Waals surface area (Å²) in [5, 5.41) is 11.6. The van der Waals surface area contributed by atoms with Crippen molar-refractivity contribution in [3.05, 3.63) is 29.7 Å². The van der Waals surface area contributed by atoms with Gasteiger partial charge in [-0.1, -0.05) is 0 Å². The van der Waals surface area contributed by atoms with Gasteiger partial charge in [0.1, 0.15) is 11.3 Å². The normalized spacial score (nSPS) is 18.1. The molecule has 3 rings (SSSR count). The maximum absolute atomic E-state index is 12.2. The van der Waals surface area contributed by atoms with Crippen molar-refractivity contribution >= 4 is 23.2 Å². The highest BCUT2D eigenvalue weighted by atomic mass is 32.1. The van der Waals surface area contributed by atoms with Gasteiger partial charge in [-0.3, -0.25) is 9.59 Å². The van der Waals surface area contributed by atoms with Gasteiger partial charge in [-0.25, -0.2) is 4.98 Å². The van der Waals surface area contributed by atoms with Crippen molar-refractivity contribution in [2.45, 2.75) is 12.8 Å². The second-order valence-electron chi connectivity index (χ2n) is 5.00. The third-order valence-electron chi connectivity index (χ3n) is 3.54. The van der Waals surface area contributed by atoms with Crippen LogP contribution in [-0.4, -0.2) is 40.0 Å². The Bertz CT molecular complexity index is 650. The molecule has 7 heteroatoms. The van der Waals surface area contributed by atoms with Gasteiger partial charge < -0.3 is 14.4 Å². The van der Waals surface area contributed by atoms with Crippen LogP contribution in [0.3, 0.4) is 0 Å². The minimum atomic E-state index is -0.832. The van der Waals surface area contributed by atoms with E-state index in [-0.39, 0.29) is 12.3 Å². The van der Waals surface area contributed by atoms with Crippen molar-refractivity contribution in [1.29, 1.82) is 0 Å². The van der Waals surface area contributed by atoms with Crippen molar-refractivity contribution in [3.8, 4) is 10.6 Å². The molecule has 0 aliphatic carbocycles. The van der Waals surface area contributed by atoms with Gasteiger partial charge in [-0.15, -0.1) is 11.3 Å². The zero-order valence-electron chi connectivity index (χ0n) is 11.2. The molecule has 0 radical (unpaired) electrons. The van der Waals surface area contributed by atoms with Gasteiger partial charge in [0, 0.05) is 24.0 Å². The molecule has 1 aliphatic heterocycles. The monoisotopic (exact) mass is 306 g/mol. The molecule has 0 bridgehead atoms. The van der Waals surface area contributed by atoms with Gasteiger partial charge >= 0.3 is 5.97 Å². The van der Waals surface area contributed by atoms with Crippen LogP contribution < -0.4 is 0 Å². The summed E-state index contributed by atoms with van der Waals surface area (Å²) in [7, 11) is 0. The average molecular weight is 306 g/mol. The molecule has 21 heavy (non-hydrogen) atoms. The summed E-state index contributed by atoms with van der Waals surface area (Å²) in [6.07, 6.45) is 3.93. The van der Waals surface area contributed by atoms with E-state index in [0.29, 0.717) is 25.2 Å². The summed E-state index contributed by atoms with van der Waals surface area (Å²) < 4.78 is 5.01. The van der Waals surface area contributed by atoms with Gasteiger partial charge in [-0.2, -0.15) is 0 Å². The molecule has 1 saturated heterocycles. The third kappa shape index (κ3) is 2.97. The molecule has 1 N–H and O–H groups in total. The Kier molecular flexibility index (Phi) is 3.74. The zero-order chi connectivity index (χ0) is 14.8. The zero-order valence-corrected chi connectivity index (χ0v) is 12.0. The highest BCUT2D eigenvalue weighted by molar-refractivity contribution is 7.13. The summed E-state index contributed by atoms with van der Waals surface area (Å²) in [6, 6.07) is 1.82. The van der Waals surface area contributed by atoms with Crippen LogP contribution >= 0.6 is 11.3 Å². The summed E-state index contributed by atoms with van der Waals surface area (Å²) in [5.41, 5.74) is 1.60. The van der Waals surface area contributed by atoms with E-state index < -0.39 is 11.9 Å². The first-order valence-corrected chi connectivity index (χ1v) is 7.49. The molecule has 6 nitrogen and oxygen atoms in total. The van der Waals surface area contributed by atoms with E-state index in [1.165, 1.54) is 11.3 Å². The van der Waals surface area contributed by atoms with Crippen molar-refractivity contribution in [2.24, 2.45) is 5.92 Å². The molecule has 1 amide bonds. The molecule has 0 saturated carbocycles. The number of thiazole rings is 1. The third-order valence-corrected chi connectivity index (χ3v) is 4.48. The number of nitrogens with zero attached hydrogens (tertiary/aromatic N) is 2. The van der Waals surface area contributed by atoms with E-state index >= 15 is 0 Å². The number of carbonyl (C=O) groups is 2. The van der Waals surface area contributed by atoms with Crippen LogP contribution in [0.4, 0.5) is 0 Å². The number of amides is 1. The topological polar surface area (TPSA) is 83.6 Å². The first kappa shape index (κ1) is 13.8. The van der Waals surface area contributed by atoms with Crippen molar-refractivity contribution in [2.75, 3.05) is 13.1 Å². The van der Waals surface area contributed by atoms with Gasteiger partial charge in [0.15, 0.2) is 0 Å². The lowest BCUT2D eigenvalue weighted by Crippen LogP contribution is -2.31.